The highest BCUT2D eigenvalue weighted by Gasteiger charge is 2.25. The van der Waals surface area contributed by atoms with Gasteiger partial charge in [0.2, 0.25) is 0 Å². The van der Waals surface area contributed by atoms with Gasteiger partial charge in [-0.2, -0.15) is 0 Å². The molecule has 4 rings (SSSR count). The van der Waals surface area contributed by atoms with Gasteiger partial charge in [0.15, 0.2) is 0 Å². The average Bonchev–Trinajstić information content (AvgIpc) is 2.97. The van der Waals surface area contributed by atoms with Crippen LogP contribution in [0, 0.1) is 0 Å². The SMILES string of the molecule is C[C@H]1CN(C(=O)c2ccc(C(=O)NC(C)(C)Cc3ccccc3)cc2)CCc2ccc(Cl)cc21. The third-order valence-electron chi connectivity index (χ3n) is 6.41. The number of nitrogens with one attached hydrogen (secondary N) is 1. The van der Waals surface area contributed by atoms with Crippen LogP contribution in [0.1, 0.15) is 64.1 Å². The van der Waals surface area contributed by atoms with Gasteiger partial charge >= 0.3 is 0 Å². The van der Waals surface area contributed by atoms with E-state index in [1.54, 1.807) is 24.3 Å². The van der Waals surface area contributed by atoms with Gasteiger partial charge in [-0.1, -0.05) is 54.9 Å². The van der Waals surface area contributed by atoms with Crippen LogP contribution in [0.2, 0.25) is 5.02 Å². The molecule has 34 heavy (non-hydrogen) atoms. The van der Waals surface area contributed by atoms with Gasteiger partial charge in [-0.3, -0.25) is 9.59 Å². The minimum Gasteiger partial charge on any atom is -0.347 e. The van der Waals surface area contributed by atoms with E-state index < -0.39 is 5.54 Å². The highest BCUT2D eigenvalue weighted by atomic mass is 35.5. The Hall–Kier alpha value is -3.11. The van der Waals surface area contributed by atoms with Crippen LogP contribution in [0.25, 0.3) is 0 Å². The normalized spacial score (nSPS) is 15.9. The predicted molar refractivity (Wildman–Crippen MR) is 138 cm³/mol. The molecule has 0 radical (unpaired) electrons. The van der Waals surface area contributed by atoms with E-state index in [9.17, 15) is 9.59 Å². The second kappa shape index (κ2) is 10.0. The van der Waals surface area contributed by atoms with Crippen molar-refractivity contribution >= 4 is 23.4 Å². The zero-order valence-electron chi connectivity index (χ0n) is 20.0. The molecule has 0 aliphatic carbocycles. The molecule has 1 atom stereocenters. The Labute approximate surface area is 206 Å². The molecule has 1 aliphatic heterocycles. The van der Waals surface area contributed by atoms with Gasteiger partial charge in [0.05, 0.1) is 0 Å². The molecule has 4 nitrogen and oxygen atoms in total. The van der Waals surface area contributed by atoms with E-state index in [1.165, 1.54) is 16.7 Å². The second-order valence-corrected chi connectivity index (χ2v) is 10.3. The van der Waals surface area contributed by atoms with Crippen LogP contribution in [-0.2, 0) is 12.8 Å². The molecule has 0 fully saturated rings. The fourth-order valence-electron chi connectivity index (χ4n) is 4.69. The summed E-state index contributed by atoms with van der Waals surface area (Å²) in [6.45, 7) is 7.46. The Kier molecular flexibility index (Phi) is 7.08. The van der Waals surface area contributed by atoms with Crippen molar-refractivity contribution < 1.29 is 9.59 Å². The fraction of sp³-hybridized carbons (Fsp3) is 0.310. The lowest BCUT2D eigenvalue weighted by atomic mass is 9.94. The van der Waals surface area contributed by atoms with Crippen molar-refractivity contribution in [3.05, 3.63) is 106 Å². The summed E-state index contributed by atoms with van der Waals surface area (Å²) in [4.78, 5) is 28.0. The number of nitrogens with zero attached hydrogens (tertiary/aromatic N) is 1. The van der Waals surface area contributed by atoms with Gasteiger partial charge in [-0.25, -0.2) is 0 Å². The molecule has 3 aromatic rings. The Morgan fingerprint density at radius 2 is 1.68 bits per heavy atom. The average molecular weight is 475 g/mol. The Morgan fingerprint density at radius 1 is 1.00 bits per heavy atom. The van der Waals surface area contributed by atoms with Gasteiger partial charge in [0, 0.05) is 34.8 Å². The summed E-state index contributed by atoms with van der Waals surface area (Å²) >= 11 is 6.20. The quantitative estimate of drug-likeness (QED) is 0.501. The van der Waals surface area contributed by atoms with Gasteiger partial charge in [-0.15, -0.1) is 0 Å². The number of amides is 2. The van der Waals surface area contributed by atoms with Crippen molar-refractivity contribution in [2.45, 2.75) is 45.1 Å². The van der Waals surface area contributed by atoms with E-state index >= 15 is 0 Å². The van der Waals surface area contributed by atoms with E-state index in [-0.39, 0.29) is 17.7 Å². The van der Waals surface area contributed by atoms with E-state index in [1.807, 2.05) is 49.1 Å². The van der Waals surface area contributed by atoms with Crippen LogP contribution in [0.5, 0.6) is 0 Å². The minimum atomic E-state index is -0.396. The van der Waals surface area contributed by atoms with Crippen LogP contribution >= 0.6 is 11.6 Å². The number of hydrogen-bond acceptors (Lipinski definition) is 2. The number of fused-ring (bicyclic) bond motifs is 1. The first-order valence-corrected chi connectivity index (χ1v) is 12.1. The summed E-state index contributed by atoms with van der Waals surface area (Å²) in [5.41, 5.74) is 4.38. The van der Waals surface area contributed by atoms with Crippen molar-refractivity contribution in [2.75, 3.05) is 13.1 Å². The zero-order valence-corrected chi connectivity index (χ0v) is 20.7. The number of hydrogen-bond donors (Lipinski definition) is 1. The molecule has 0 bridgehead atoms. The smallest absolute Gasteiger partial charge is 0.253 e. The fourth-order valence-corrected chi connectivity index (χ4v) is 4.87. The summed E-state index contributed by atoms with van der Waals surface area (Å²) in [5, 5.41) is 3.84. The van der Waals surface area contributed by atoms with Crippen LogP contribution in [0.4, 0.5) is 0 Å². The maximum atomic E-state index is 13.2. The van der Waals surface area contributed by atoms with Crippen molar-refractivity contribution in [3.8, 4) is 0 Å². The molecule has 1 aliphatic rings. The molecule has 0 saturated carbocycles. The third-order valence-corrected chi connectivity index (χ3v) is 6.64. The molecule has 1 N–H and O–H groups in total. The highest BCUT2D eigenvalue weighted by molar-refractivity contribution is 6.30. The van der Waals surface area contributed by atoms with Crippen LogP contribution in [0.3, 0.4) is 0 Å². The summed E-state index contributed by atoms with van der Waals surface area (Å²) in [6.07, 6.45) is 1.54. The molecule has 176 valence electrons. The molecule has 2 amide bonds. The van der Waals surface area contributed by atoms with Crippen LogP contribution in [-0.4, -0.2) is 35.3 Å². The Balaban J connectivity index is 1.41. The third kappa shape index (κ3) is 5.68. The number of carbonyl (C=O) groups is 2. The van der Waals surface area contributed by atoms with Gasteiger partial charge < -0.3 is 10.2 Å². The summed E-state index contributed by atoms with van der Waals surface area (Å²) < 4.78 is 0. The van der Waals surface area contributed by atoms with Crippen molar-refractivity contribution in [1.82, 2.24) is 10.2 Å². The molecule has 0 aromatic heterocycles. The predicted octanol–water partition coefficient (Wildman–Crippen LogP) is 5.89. The summed E-state index contributed by atoms with van der Waals surface area (Å²) in [7, 11) is 0. The maximum Gasteiger partial charge on any atom is 0.253 e. The Bertz CT molecular complexity index is 1170. The van der Waals surface area contributed by atoms with E-state index in [4.69, 9.17) is 11.6 Å². The number of benzene rings is 3. The molecule has 3 aromatic carbocycles. The minimum absolute atomic E-state index is 0.0119. The monoisotopic (exact) mass is 474 g/mol. The second-order valence-electron chi connectivity index (χ2n) is 9.82. The standard InChI is InChI=1S/C29H31ClN2O2/c1-20-19-32(16-15-22-13-14-25(30)17-26(20)22)28(34)24-11-9-23(10-12-24)27(33)31-29(2,3)18-21-7-5-4-6-8-21/h4-14,17,20H,15-16,18-19H2,1-3H3,(H,31,33)/t20-/m0/s1. The molecule has 0 unspecified atom stereocenters. The lowest BCUT2D eigenvalue weighted by molar-refractivity contribution is 0.0753. The topological polar surface area (TPSA) is 49.4 Å². The number of carbonyl (C=O) groups excluding carboxylic acids is 2. The summed E-state index contributed by atoms with van der Waals surface area (Å²) in [6, 6.07) is 23.1. The van der Waals surface area contributed by atoms with Crippen LogP contribution < -0.4 is 5.32 Å². The lowest BCUT2D eigenvalue weighted by Crippen LogP contribution is -2.45. The highest BCUT2D eigenvalue weighted by Crippen LogP contribution is 2.28. The van der Waals surface area contributed by atoms with Crippen LogP contribution in [0.15, 0.2) is 72.8 Å². The first kappa shape index (κ1) is 24.0. The maximum absolute atomic E-state index is 13.2. The molecule has 0 saturated heterocycles. The van der Waals surface area contributed by atoms with Crippen molar-refractivity contribution in [1.29, 1.82) is 0 Å². The van der Waals surface area contributed by atoms with Crippen molar-refractivity contribution in [3.63, 3.8) is 0 Å². The number of halogens is 1. The largest absolute Gasteiger partial charge is 0.347 e. The lowest BCUT2D eigenvalue weighted by Gasteiger charge is -2.26. The van der Waals surface area contributed by atoms with Gasteiger partial charge in [0.25, 0.3) is 11.8 Å². The molecular weight excluding hydrogens is 444 g/mol. The zero-order chi connectivity index (χ0) is 24.3. The van der Waals surface area contributed by atoms with Gasteiger partial charge in [0.1, 0.15) is 0 Å². The molecule has 1 heterocycles. The molecule has 0 spiro atoms. The first-order valence-electron chi connectivity index (χ1n) is 11.8. The van der Waals surface area contributed by atoms with E-state index in [2.05, 4.69) is 30.4 Å². The van der Waals surface area contributed by atoms with E-state index in [0.29, 0.717) is 24.2 Å². The first-order chi connectivity index (χ1) is 16.2. The molecule has 5 heteroatoms. The summed E-state index contributed by atoms with van der Waals surface area (Å²) in [5.74, 6) is 0.0508. The number of rotatable bonds is 5. The molecular formula is C29H31ClN2O2. The van der Waals surface area contributed by atoms with Crippen molar-refractivity contribution in [2.24, 2.45) is 0 Å². The van der Waals surface area contributed by atoms with Gasteiger partial charge in [-0.05, 0) is 85.7 Å². The van der Waals surface area contributed by atoms with E-state index in [0.717, 1.165) is 17.9 Å². The Morgan fingerprint density at radius 3 is 2.38 bits per heavy atom.